The van der Waals surface area contributed by atoms with Crippen molar-refractivity contribution < 1.29 is 9.90 Å². The Morgan fingerprint density at radius 1 is 1.33 bits per heavy atom. The topological polar surface area (TPSA) is 87.1 Å². The van der Waals surface area contributed by atoms with E-state index in [1.54, 1.807) is 12.4 Å². The Morgan fingerprint density at radius 2 is 2.00 bits per heavy atom. The van der Waals surface area contributed by atoms with Gasteiger partial charge in [-0.05, 0) is 12.8 Å². The highest BCUT2D eigenvalue weighted by Gasteiger charge is 2.25. The fraction of sp³-hybridized carbons (Fsp3) is 0.667. The molecule has 1 fully saturated rings. The fourth-order valence-corrected chi connectivity index (χ4v) is 2.43. The molecular formula is C15H24N4O2. The molecular weight excluding hydrogens is 268 g/mol. The van der Waals surface area contributed by atoms with Gasteiger partial charge in [0.15, 0.2) is 0 Å². The monoisotopic (exact) mass is 292 g/mol. The summed E-state index contributed by atoms with van der Waals surface area (Å²) in [5, 5.41) is 15.2. The lowest BCUT2D eigenvalue weighted by molar-refractivity contribution is 0.133. The normalized spacial score (nSPS) is 22.1. The van der Waals surface area contributed by atoms with Crippen molar-refractivity contribution in [3.05, 3.63) is 18.2 Å². The van der Waals surface area contributed by atoms with E-state index in [4.69, 9.17) is 0 Å². The summed E-state index contributed by atoms with van der Waals surface area (Å²) >= 11 is 0. The van der Waals surface area contributed by atoms with Gasteiger partial charge in [-0.25, -0.2) is 14.8 Å². The molecule has 0 spiro atoms. The van der Waals surface area contributed by atoms with Gasteiger partial charge in [-0.2, -0.15) is 0 Å². The highest BCUT2D eigenvalue weighted by molar-refractivity contribution is 5.88. The minimum Gasteiger partial charge on any atom is -0.393 e. The van der Waals surface area contributed by atoms with E-state index in [2.05, 4.69) is 20.6 Å². The molecule has 1 saturated carbocycles. The predicted octanol–water partition coefficient (Wildman–Crippen LogP) is 2.06. The van der Waals surface area contributed by atoms with Crippen molar-refractivity contribution in [2.45, 2.75) is 51.6 Å². The lowest BCUT2D eigenvalue weighted by Gasteiger charge is -2.17. The smallest absolute Gasteiger partial charge is 0.319 e. The molecule has 0 unspecified atom stereocenters. The Kier molecular flexibility index (Phi) is 4.77. The van der Waals surface area contributed by atoms with Crippen LogP contribution in [-0.4, -0.2) is 33.8 Å². The molecule has 116 valence electrons. The number of hydrogen-bond acceptors (Lipinski definition) is 4. The fourth-order valence-electron chi connectivity index (χ4n) is 2.43. The standard InChI is InChI=1S/C15H24N4O2/c1-15(2,3)13-16-8-11(9-17-13)19-14(21)18-7-10-5-4-6-12(10)20/h8-10,12,20H,4-7H2,1-3H3,(H2,18,19,21)/t10-,12-/m1/s1. The van der Waals surface area contributed by atoms with Crippen molar-refractivity contribution in [2.24, 2.45) is 5.92 Å². The van der Waals surface area contributed by atoms with Gasteiger partial charge in [-0.1, -0.05) is 27.2 Å². The summed E-state index contributed by atoms with van der Waals surface area (Å²) in [6.45, 7) is 6.60. The molecule has 0 radical (unpaired) electrons. The summed E-state index contributed by atoms with van der Waals surface area (Å²) in [7, 11) is 0. The van der Waals surface area contributed by atoms with Crippen LogP contribution in [0.2, 0.25) is 0 Å². The maximum Gasteiger partial charge on any atom is 0.319 e. The first-order valence-electron chi connectivity index (χ1n) is 7.41. The van der Waals surface area contributed by atoms with Crippen molar-refractivity contribution in [3.63, 3.8) is 0 Å². The van der Waals surface area contributed by atoms with Crippen molar-refractivity contribution in [3.8, 4) is 0 Å². The molecule has 6 heteroatoms. The number of aliphatic hydroxyl groups excluding tert-OH is 1. The predicted molar refractivity (Wildman–Crippen MR) is 81.1 cm³/mol. The van der Waals surface area contributed by atoms with E-state index in [-0.39, 0.29) is 23.5 Å². The Hall–Kier alpha value is -1.69. The second-order valence-electron chi connectivity index (χ2n) is 6.64. The van der Waals surface area contributed by atoms with Crippen LogP contribution < -0.4 is 10.6 Å². The van der Waals surface area contributed by atoms with Crippen LogP contribution in [0.25, 0.3) is 0 Å². The zero-order valence-corrected chi connectivity index (χ0v) is 12.9. The molecule has 21 heavy (non-hydrogen) atoms. The summed E-state index contributed by atoms with van der Waals surface area (Å²) < 4.78 is 0. The molecule has 1 heterocycles. The zero-order valence-electron chi connectivity index (χ0n) is 12.9. The molecule has 6 nitrogen and oxygen atoms in total. The quantitative estimate of drug-likeness (QED) is 0.795. The Balaban J connectivity index is 1.82. The molecule has 0 aliphatic heterocycles. The number of urea groups is 1. The lowest BCUT2D eigenvalue weighted by Crippen LogP contribution is -2.35. The van der Waals surface area contributed by atoms with Gasteiger partial charge in [-0.3, -0.25) is 0 Å². The zero-order chi connectivity index (χ0) is 15.5. The number of aromatic nitrogens is 2. The van der Waals surface area contributed by atoms with Crippen molar-refractivity contribution in [1.82, 2.24) is 15.3 Å². The SMILES string of the molecule is CC(C)(C)c1ncc(NC(=O)NC[C@H]2CCC[C@H]2O)cn1. The van der Waals surface area contributed by atoms with Crippen LogP contribution in [0.15, 0.2) is 12.4 Å². The third-order valence-corrected chi connectivity index (χ3v) is 3.72. The van der Waals surface area contributed by atoms with E-state index in [9.17, 15) is 9.90 Å². The Bertz CT molecular complexity index is 481. The van der Waals surface area contributed by atoms with Gasteiger partial charge in [0.25, 0.3) is 0 Å². The van der Waals surface area contributed by atoms with E-state index in [0.29, 0.717) is 12.2 Å². The number of carbonyl (C=O) groups is 1. The molecule has 3 N–H and O–H groups in total. The first kappa shape index (κ1) is 15.7. The number of carbonyl (C=O) groups excluding carboxylic acids is 1. The molecule has 1 aromatic rings. The summed E-state index contributed by atoms with van der Waals surface area (Å²) in [6, 6.07) is -0.291. The van der Waals surface area contributed by atoms with Gasteiger partial charge in [-0.15, -0.1) is 0 Å². The molecule has 0 saturated heterocycles. The van der Waals surface area contributed by atoms with Gasteiger partial charge in [0.2, 0.25) is 0 Å². The van der Waals surface area contributed by atoms with E-state index in [1.807, 2.05) is 20.8 Å². The maximum absolute atomic E-state index is 11.8. The maximum atomic E-state index is 11.8. The molecule has 2 rings (SSSR count). The largest absolute Gasteiger partial charge is 0.393 e. The highest BCUT2D eigenvalue weighted by atomic mass is 16.3. The van der Waals surface area contributed by atoms with Crippen molar-refractivity contribution in [2.75, 3.05) is 11.9 Å². The van der Waals surface area contributed by atoms with Crippen LogP contribution >= 0.6 is 0 Å². The number of hydrogen-bond donors (Lipinski definition) is 3. The molecule has 0 aromatic carbocycles. The average molecular weight is 292 g/mol. The number of rotatable bonds is 3. The number of anilines is 1. The minimum absolute atomic E-state index is 0.112. The Labute approximate surface area is 125 Å². The summed E-state index contributed by atoms with van der Waals surface area (Å²) in [6.07, 6.45) is 5.74. The van der Waals surface area contributed by atoms with Crippen LogP contribution in [0.3, 0.4) is 0 Å². The second-order valence-corrected chi connectivity index (χ2v) is 6.64. The minimum atomic E-state index is -0.292. The van der Waals surface area contributed by atoms with E-state index in [0.717, 1.165) is 25.1 Å². The van der Waals surface area contributed by atoms with Gasteiger partial charge in [0.05, 0.1) is 24.2 Å². The van der Waals surface area contributed by atoms with Crippen molar-refractivity contribution in [1.29, 1.82) is 0 Å². The number of nitrogens with one attached hydrogen (secondary N) is 2. The number of aliphatic hydroxyl groups is 1. The van der Waals surface area contributed by atoms with Gasteiger partial charge in [0, 0.05) is 17.9 Å². The number of nitrogens with zero attached hydrogens (tertiary/aromatic N) is 2. The average Bonchev–Trinajstić information content (AvgIpc) is 2.81. The van der Waals surface area contributed by atoms with Crippen LogP contribution in [0.5, 0.6) is 0 Å². The summed E-state index contributed by atoms with van der Waals surface area (Å²) in [4.78, 5) is 20.3. The van der Waals surface area contributed by atoms with Crippen LogP contribution in [0.1, 0.15) is 45.9 Å². The second kappa shape index (κ2) is 6.39. The molecule has 2 atom stereocenters. The third-order valence-electron chi connectivity index (χ3n) is 3.72. The highest BCUT2D eigenvalue weighted by Crippen LogP contribution is 2.24. The molecule has 2 amide bonds. The van der Waals surface area contributed by atoms with Crippen LogP contribution in [0.4, 0.5) is 10.5 Å². The van der Waals surface area contributed by atoms with E-state index in [1.165, 1.54) is 0 Å². The van der Waals surface area contributed by atoms with Gasteiger partial charge < -0.3 is 15.7 Å². The Morgan fingerprint density at radius 3 is 2.52 bits per heavy atom. The van der Waals surface area contributed by atoms with Gasteiger partial charge >= 0.3 is 6.03 Å². The molecule has 1 aromatic heterocycles. The lowest BCUT2D eigenvalue weighted by atomic mass is 9.96. The summed E-state index contributed by atoms with van der Waals surface area (Å²) in [5.41, 5.74) is 0.451. The van der Waals surface area contributed by atoms with Crippen LogP contribution in [0, 0.1) is 5.92 Å². The first-order valence-corrected chi connectivity index (χ1v) is 7.41. The van der Waals surface area contributed by atoms with E-state index >= 15 is 0 Å². The summed E-state index contributed by atoms with van der Waals surface area (Å²) in [5.74, 6) is 0.901. The third kappa shape index (κ3) is 4.39. The number of amides is 2. The van der Waals surface area contributed by atoms with Crippen molar-refractivity contribution >= 4 is 11.7 Å². The molecule has 1 aliphatic carbocycles. The molecule has 1 aliphatic rings. The van der Waals surface area contributed by atoms with Crippen LogP contribution in [-0.2, 0) is 5.41 Å². The first-order chi connectivity index (χ1) is 9.86. The molecule has 0 bridgehead atoms. The van der Waals surface area contributed by atoms with Gasteiger partial charge in [0.1, 0.15) is 5.82 Å². The van der Waals surface area contributed by atoms with E-state index < -0.39 is 0 Å².